The molecule has 0 aliphatic carbocycles. The summed E-state index contributed by atoms with van der Waals surface area (Å²) in [6.45, 7) is 1.43. The fourth-order valence-electron chi connectivity index (χ4n) is 0.225. The van der Waals surface area contributed by atoms with Gasteiger partial charge in [-0.15, -0.1) is 0 Å². The van der Waals surface area contributed by atoms with E-state index in [1.54, 1.807) is 0 Å². The Morgan fingerprint density at radius 1 is 1.67 bits per heavy atom. The standard InChI is InChI=1S/C3H9BO4.K.H/c1-3(5)2-8-4(6)7;;/h3,5-7H,2H2,1H3;;/q;+1;-1. The zero-order valence-corrected chi connectivity index (χ0v) is 8.73. The van der Waals surface area contributed by atoms with E-state index in [2.05, 4.69) is 4.65 Å². The number of aliphatic hydroxyl groups excluding tert-OH is 1. The van der Waals surface area contributed by atoms with Gasteiger partial charge in [0.05, 0.1) is 12.7 Å². The fraction of sp³-hybridized carbons (Fsp3) is 1.00. The van der Waals surface area contributed by atoms with Gasteiger partial charge in [-0.25, -0.2) is 0 Å². The second kappa shape index (κ2) is 7.65. The Kier molecular flexibility index (Phi) is 11.2. The quantitative estimate of drug-likeness (QED) is 0.364. The predicted molar refractivity (Wildman–Crippen MR) is 28.9 cm³/mol. The molecule has 0 heterocycles. The molecule has 0 spiro atoms. The van der Waals surface area contributed by atoms with Crippen LogP contribution in [-0.4, -0.2) is 35.2 Å². The van der Waals surface area contributed by atoms with Gasteiger partial charge in [0.1, 0.15) is 0 Å². The molecule has 4 nitrogen and oxygen atoms in total. The van der Waals surface area contributed by atoms with Crippen LogP contribution in [0, 0.1) is 0 Å². The largest absolute Gasteiger partial charge is 1.00 e. The molecule has 6 heteroatoms. The molecule has 0 amide bonds. The van der Waals surface area contributed by atoms with E-state index in [9.17, 15) is 0 Å². The third-order valence-corrected chi connectivity index (χ3v) is 0.486. The molecule has 9 heavy (non-hydrogen) atoms. The second-order valence-electron chi connectivity index (χ2n) is 1.51. The molecule has 1 atom stereocenters. The van der Waals surface area contributed by atoms with Crippen LogP contribution in [0.2, 0.25) is 0 Å². The Morgan fingerprint density at radius 2 is 2.11 bits per heavy atom. The smallest absolute Gasteiger partial charge is 1.00 e. The molecule has 0 aromatic carbocycles. The Hall–Kier alpha value is 1.54. The number of hydrogen-bond acceptors (Lipinski definition) is 4. The van der Waals surface area contributed by atoms with E-state index in [4.69, 9.17) is 15.2 Å². The molecule has 0 fully saturated rings. The maximum Gasteiger partial charge on any atom is 1.00 e. The molecule has 0 saturated carbocycles. The van der Waals surface area contributed by atoms with Crippen LogP contribution in [0.4, 0.5) is 0 Å². The van der Waals surface area contributed by atoms with Crippen LogP contribution in [0.25, 0.3) is 0 Å². The van der Waals surface area contributed by atoms with Crippen molar-refractivity contribution in [3.63, 3.8) is 0 Å². The molecule has 0 bridgehead atoms. The van der Waals surface area contributed by atoms with Gasteiger partial charge in [0.2, 0.25) is 0 Å². The Morgan fingerprint density at radius 3 is 2.22 bits per heavy atom. The van der Waals surface area contributed by atoms with Crippen LogP contribution < -0.4 is 51.4 Å². The van der Waals surface area contributed by atoms with E-state index < -0.39 is 13.4 Å². The van der Waals surface area contributed by atoms with Crippen LogP contribution in [0.1, 0.15) is 8.35 Å². The van der Waals surface area contributed by atoms with E-state index >= 15 is 0 Å². The Labute approximate surface area is 98.3 Å². The first-order chi connectivity index (χ1) is 3.63. The topological polar surface area (TPSA) is 69.9 Å². The van der Waals surface area contributed by atoms with Gasteiger partial charge >= 0.3 is 58.7 Å². The number of rotatable bonds is 3. The first-order valence-electron chi connectivity index (χ1n) is 2.28. The molecule has 0 aliphatic rings. The third kappa shape index (κ3) is 12.7. The normalized spacial score (nSPS) is 12.0. The van der Waals surface area contributed by atoms with Gasteiger partial charge in [-0.3, -0.25) is 0 Å². The summed E-state index contributed by atoms with van der Waals surface area (Å²) in [6.07, 6.45) is -0.656. The van der Waals surface area contributed by atoms with E-state index in [0.29, 0.717) is 0 Å². The third-order valence-electron chi connectivity index (χ3n) is 0.486. The van der Waals surface area contributed by atoms with Gasteiger partial charge in [0, 0.05) is 0 Å². The van der Waals surface area contributed by atoms with Gasteiger partial charge in [-0.1, -0.05) is 0 Å². The van der Waals surface area contributed by atoms with E-state index in [1.165, 1.54) is 6.92 Å². The monoisotopic (exact) mass is 160 g/mol. The molecule has 0 aromatic rings. The van der Waals surface area contributed by atoms with Crippen molar-refractivity contribution < 1.29 is 72.6 Å². The van der Waals surface area contributed by atoms with Gasteiger partial charge < -0.3 is 21.2 Å². The van der Waals surface area contributed by atoms with Crippen molar-refractivity contribution in [3.05, 3.63) is 0 Å². The van der Waals surface area contributed by atoms with Crippen LogP contribution in [0.3, 0.4) is 0 Å². The van der Waals surface area contributed by atoms with Gasteiger partial charge in [-0.05, 0) is 6.92 Å². The van der Waals surface area contributed by atoms with E-state index in [1.807, 2.05) is 0 Å². The summed E-state index contributed by atoms with van der Waals surface area (Å²) < 4.78 is 4.16. The molecule has 0 aromatic heterocycles. The minimum absolute atomic E-state index is 0. The Bertz CT molecular complexity index is 56.5. The zero-order valence-electron chi connectivity index (χ0n) is 6.61. The first-order valence-corrected chi connectivity index (χ1v) is 2.28. The summed E-state index contributed by atoms with van der Waals surface area (Å²) in [7, 11) is -1.77. The van der Waals surface area contributed by atoms with Crippen LogP contribution >= 0.6 is 0 Å². The van der Waals surface area contributed by atoms with Crippen molar-refractivity contribution in [3.8, 4) is 0 Å². The Balaban J connectivity index is -0.000000245. The summed E-state index contributed by atoms with van der Waals surface area (Å²) in [5, 5.41) is 24.5. The van der Waals surface area contributed by atoms with Crippen molar-refractivity contribution in [1.29, 1.82) is 0 Å². The first kappa shape index (κ1) is 13.2. The molecule has 1 unspecified atom stereocenters. The molecule has 0 radical (unpaired) electrons. The van der Waals surface area contributed by atoms with E-state index in [0.717, 1.165) is 0 Å². The minimum atomic E-state index is -1.77. The SMILES string of the molecule is CC(O)COB(O)O.[H-].[K+]. The minimum Gasteiger partial charge on any atom is -1.00 e. The molecule has 50 valence electrons. The van der Waals surface area contributed by atoms with Crippen LogP contribution in [0.5, 0.6) is 0 Å². The van der Waals surface area contributed by atoms with Crippen molar-refractivity contribution >= 4 is 7.32 Å². The molecular weight excluding hydrogens is 150 g/mol. The van der Waals surface area contributed by atoms with Gasteiger partial charge in [0.25, 0.3) is 0 Å². The molecule has 0 aliphatic heterocycles. The summed E-state index contributed by atoms with van der Waals surface area (Å²) in [6, 6.07) is 0. The van der Waals surface area contributed by atoms with Crippen LogP contribution in [-0.2, 0) is 4.65 Å². The predicted octanol–water partition coefficient (Wildman–Crippen LogP) is -4.53. The maximum atomic E-state index is 8.45. The van der Waals surface area contributed by atoms with Gasteiger partial charge in [-0.2, -0.15) is 0 Å². The van der Waals surface area contributed by atoms with Gasteiger partial charge in [0.15, 0.2) is 0 Å². The summed E-state index contributed by atoms with van der Waals surface area (Å²) in [5.74, 6) is 0. The molecule has 3 N–H and O–H groups in total. The van der Waals surface area contributed by atoms with Crippen molar-refractivity contribution in [2.24, 2.45) is 0 Å². The van der Waals surface area contributed by atoms with Crippen molar-refractivity contribution in [2.75, 3.05) is 6.61 Å². The summed E-state index contributed by atoms with van der Waals surface area (Å²) in [5.41, 5.74) is 0. The number of hydrogen-bond donors (Lipinski definition) is 3. The molecular formula is C3H10BKO4. The molecule has 0 rings (SSSR count). The van der Waals surface area contributed by atoms with Crippen LogP contribution in [0.15, 0.2) is 0 Å². The summed E-state index contributed by atoms with van der Waals surface area (Å²) >= 11 is 0. The molecule has 0 saturated heterocycles. The number of aliphatic hydroxyl groups is 1. The average Bonchev–Trinajstić information content (AvgIpc) is 1.61. The summed E-state index contributed by atoms with van der Waals surface area (Å²) in [4.78, 5) is 0. The van der Waals surface area contributed by atoms with Crippen molar-refractivity contribution in [2.45, 2.75) is 13.0 Å². The van der Waals surface area contributed by atoms with E-state index in [-0.39, 0.29) is 59.4 Å². The second-order valence-corrected chi connectivity index (χ2v) is 1.51. The zero-order chi connectivity index (χ0) is 6.57. The van der Waals surface area contributed by atoms with Crippen molar-refractivity contribution in [1.82, 2.24) is 0 Å². The maximum absolute atomic E-state index is 8.45. The average molecular weight is 160 g/mol. The fourth-order valence-corrected chi connectivity index (χ4v) is 0.225.